The van der Waals surface area contributed by atoms with Gasteiger partial charge in [0.2, 0.25) is 5.91 Å². The molecule has 3 saturated heterocycles. The largest absolute Gasteiger partial charge is 0.460 e. The van der Waals surface area contributed by atoms with Crippen LogP contribution in [0.2, 0.25) is 0 Å². The van der Waals surface area contributed by atoms with Gasteiger partial charge >= 0.3 is 11.9 Å². The Morgan fingerprint density at radius 3 is 2.34 bits per heavy atom. The van der Waals surface area contributed by atoms with Crippen LogP contribution in [0, 0.1) is 8.99 Å². The summed E-state index contributed by atoms with van der Waals surface area (Å²) in [5, 5.41) is 17.5. The number of unbranched alkanes of at least 4 members (excludes halogenated alkanes) is 4. The average Bonchev–Trinajstić information content (AvgIpc) is 3.73. The van der Waals surface area contributed by atoms with Crippen LogP contribution in [0.15, 0.2) is 48.5 Å². The first-order chi connectivity index (χ1) is 27.7. The molecule has 0 radical (unpaired) electrons. The van der Waals surface area contributed by atoms with Gasteiger partial charge in [-0.3, -0.25) is 24.0 Å². The number of aliphatic hydroxyl groups is 1. The van der Waals surface area contributed by atoms with Crippen molar-refractivity contribution in [1.82, 2.24) is 15.7 Å². The lowest BCUT2D eigenvalue weighted by molar-refractivity contribution is -0.224. The van der Waals surface area contributed by atoms with Crippen molar-refractivity contribution in [2.24, 2.45) is 5.41 Å². The summed E-state index contributed by atoms with van der Waals surface area (Å²) in [5.74, 6) is -2.59. The summed E-state index contributed by atoms with van der Waals surface area (Å²) in [6.45, 7) is 9.64. The molecule has 3 N–H and O–H groups in total. The number of esters is 2. The number of halogens is 1. The highest BCUT2D eigenvalue weighted by molar-refractivity contribution is 14.1. The van der Waals surface area contributed by atoms with Crippen molar-refractivity contribution in [3.05, 3.63) is 68.8 Å². The highest BCUT2D eigenvalue weighted by Gasteiger charge is 2.76. The summed E-state index contributed by atoms with van der Waals surface area (Å²) in [5.41, 5.74) is -0.0646. The molecule has 2 aromatic carbocycles. The fraction of sp³-hybridized carbons (Fsp3) is 0.636. The number of aliphatic hydroxyl groups excluding tert-OH is 1. The second-order valence-electron chi connectivity index (χ2n) is 17.2. The zero-order chi connectivity index (χ0) is 41.7. The Balaban J connectivity index is 1.22. The van der Waals surface area contributed by atoms with Gasteiger partial charge < -0.3 is 34.7 Å². The van der Waals surface area contributed by atoms with Gasteiger partial charge in [-0.05, 0) is 98.0 Å². The Labute approximate surface area is 355 Å². The molecule has 13 nitrogen and oxygen atoms in total. The first-order valence-electron chi connectivity index (χ1n) is 21.0. The van der Waals surface area contributed by atoms with Crippen LogP contribution in [-0.2, 0) is 51.3 Å². The van der Waals surface area contributed by atoms with E-state index in [0.717, 1.165) is 47.7 Å². The van der Waals surface area contributed by atoms with E-state index in [1.54, 1.807) is 50.1 Å². The number of carbonyl (C=O) groups excluding carboxylic acids is 4. The summed E-state index contributed by atoms with van der Waals surface area (Å²) >= 11 is 2.25. The molecule has 3 aliphatic heterocycles. The normalized spacial score (nSPS) is 26.4. The molecule has 0 spiro atoms. The smallest absolute Gasteiger partial charge is 0.327 e. The van der Waals surface area contributed by atoms with E-state index in [2.05, 4.69) is 47.1 Å². The molecule has 4 fully saturated rings. The number of nitrogens with one attached hydrogen (secondary N) is 2. The molecule has 7 atom stereocenters. The molecule has 0 aromatic heterocycles. The van der Waals surface area contributed by atoms with E-state index in [-0.39, 0.29) is 44.9 Å². The van der Waals surface area contributed by atoms with E-state index in [0.29, 0.717) is 24.0 Å². The fourth-order valence-electron chi connectivity index (χ4n) is 8.84. The molecule has 2 aromatic rings. The number of hydroxylamine groups is 2. The van der Waals surface area contributed by atoms with Gasteiger partial charge in [0.15, 0.2) is 11.8 Å². The SMILES string of the molecule is CCCCCC1(CCCCC)O[C@@H]2[C@H](O1)[C@H]1ON(Cc3cccc(I)c3)[C@H]3C(=O)O[C@@H]2C[C@@]13C(=O)NCc1cccc(C(=O)N[C@H](CO)CCC(=O)OC(C)(C)C)c1. The summed E-state index contributed by atoms with van der Waals surface area (Å²) in [6.07, 6.45) is 5.13. The molecular weight excluding hydrogens is 857 g/mol. The van der Waals surface area contributed by atoms with Gasteiger partial charge in [0.05, 0.1) is 19.2 Å². The second kappa shape index (κ2) is 19.1. The number of fused-ring (bicyclic) bond motifs is 4. The number of hydrogen-bond acceptors (Lipinski definition) is 11. The maximum Gasteiger partial charge on any atom is 0.327 e. The van der Waals surface area contributed by atoms with Crippen LogP contribution in [0.4, 0.5) is 0 Å². The number of nitrogens with zero attached hydrogens (tertiary/aromatic N) is 1. The molecular formula is C44H60IN3O10. The van der Waals surface area contributed by atoms with E-state index in [1.165, 1.54) is 0 Å². The molecule has 4 aliphatic rings. The van der Waals surface area contributed by atoms with Crippen LogP contribution >= 0.6 is 22.6 Å². The van der Waals surface area contributed by atoms with Gasteiger partial charge in [-0.2, -0.15) is 5.06 Å². The van der Waals surface area contributed by atoms with Crippen molar-refractivity contribution in [3.8, 4) is 0 Å². The number of hydrogen-bond donors (Lipinski definition) is 3. The third-order valence-electron chi connectivity index (χ3n) is 11.5. The third-order valence-corrected chi connectivity index (χ3v) is 12.2. The zero-order valence-electron chi connectivity index (χ0n) is 34.4. The average molecular weight is 918 g/mol. The lowest BCUT2D eigenvalue weighted by Crippen LogP contribution is -2.69. The highest BCUT2D eigenvalue weighted by atomic mass is 127. The Bertz CT molecular complexity index is 1780. The van der Waals surface area contributed by atoms with Crippen LogP contribution in [0.25, 0.3) is 0 Å². The maximum absolute atomic E-state index is 14.9. The minimum absolute atomic E-state index is 0.0379. The van der Waals surface area contributed by atoms with E-state index in [1.807, 2.05) is 24.3 Å². The Kier molecular flexibility index (Phi) is 14.6. The van der Waals surface area contributed by atoms with E-state index in [9.17, 15) is 24.3 Å². The summed E-state index contributed by atoms with van der Waals surface area (Å²) < 4.78 is 26.4. The third kappa shape index (κ3) is 10.1. The maximum atomic E-state index is 14.9. The summed E-state index contributed by atoms with van der Waals surface area (Å²) in [6, 6.07) is 13.1. The molecule has 58 heavy (non-hydrogen) atoms. The molecule has 1 aliphatic carbocycles. The number of carbonyl (C=O) groups is 4. The molecule has 2 bridgehead atoms. The Morgan fingerprint density at radius 2 is 1.67 bits per heavy atom. The van der Waals surface area contributed by atoms with Gasteiger partial charge in [-0.1, -0.05) is 63.8 Å². The van der Waals surface area contributed by atoms with E-state index >= 15 is 0 Å². The van der Waals surface area contributed by atoms with Crippen LogP contribution in [0.5, 0.6) is 0 Å². The molecule has 1 saturated carbocycles. The van der Waals surface area contributed by atoms with Gasteiger partial charge in [0.1, 0.15) is 35.4 Å². The first kappa shape index (κ1) is 44.4. The number of amides is 2. The van der Waals surface area contributed by atoms with Crippen molar-refractivity contribution >= 4 is 46.3 Å². The minimum Gasteiger partial charge on any atom is -0.460 e. The van der Waals surface area contributed by atoms with Crippen LogP contribution in [0.3, 0.4) is 0 Å². The lowest BCUT2D eigenvalue weighted by Gasteiger charge is -2.48. The summed E-state index contributed by atoms with van der Waals surface area (Å²) in [4.78, 5) is 61.3. The van der Waals surface area contributed by atoms with Crippen molar-refractivity contribution in [1.29, 1.82) is 0 Å². The van der Waals surface area contributed by atoms with Gasteiger partial charge in [-0.25, -0.2) is 0 Å². The lowest BCUT2D eigenvalue weighted by atomic mass is 9.62. The molecule has 318 valence electrons. The van der Waals surface area contributed by atoms with Crippen molar-refractivity contribution < 1.29 is 48.1 Å². The van der Waals surface area contributed by atoms with Gasteiger partial charge in [-0.15, -0.1) is 0 Å². The quantitative estimate of drug-likeness (QED) is 0.0829. The first-order valence-corrected chi connectivity index (χ1v) is 22.0. The van der Waals surface area contributed by atoms with Gasteiger partial charge in [0, 0.05) is 41.4 Å². The Morgan fingerprint density at radius 1 is 0.983 bits per heavy atom. The molecule has 0 unspecified atom stereocenters. The minimum atomic E-state index is -1.34. The molecule has 2 amide bonds. The second-order valence-corrected chi connectivity index (χ2v) is 18.5. The molecule has 14 heteroatoms. The molecule has 6 rings (SSSR count). The van der Waals surface area contributed by atoms with E-state index < -0.39 is 71.1 Å². The van der Waals surface area contributed by atoms with Gasteiger partial charge in [0.25, 0.3) is 5.91 Å². The number of rotatable bonds is 19. The Hall–Kier alpha value is -3.15. The summed E-state index contributed by atoms with van der Waals surface area (Å²) in [7, 11) is 0. The van der Waals surface area contributed by atoms with Crippen LogP contribution in [0.1, 0.15) is 127 Å². The number of benzene rings is 2. The predicted molar refractivity (Wildman–Crippen MR) is 223 cm³/mol. The standard InChI is InChI=1S/C44H60IN3O10/c1-6-8-10-20-43(21-11-9-7-2)56-35-33-24-44(37(40(52)54-33)48(58-38(44)36(35)57-43)26-29-15-13-17-31(45)23-29)41(53)46-25-28-14-12-16-30(22-28)39(51)47-32(27-49)18-19-34(50)55-42(3,4)5/h12-17,22-23,32-33,35-38,49H,6-11,18-21,24-27H2,1-5H3,(H,46,53)(H,47,51)/t32-,33+,35-,36-,37-,38+,44-/m0/s1. The predicted octanol–water partition coefficient (Wildman–Crippen LogP) is 6.26. The van der Waals surface area contributed by atoms with Crippen molar-refractivity contribution in [3.63, 3.8) is 0 Å². The number of ether oxygens (including phenoxy) is 4. The van der Waals surface area contributed by atoms with Crippen molar-refractivity contribution in [2.45, 2.75) is 166 Å². The van der Waals surface area contributed by atoms with Crippen molar-refractivity contribution in [2.75, 3.05) is 6.61 Å². The van der Waals surface area contributed by atoms with Crippen LogP contribution in [-0.4, -0.2) is 88.4 Å². The topological polar surface area (TPSA) is 162 Å². The van der Waals surface area contributed by atoms with Crippen LogP contribution < -0.4 is 10.6 Å². The highest BCUT2D eigenvalue weighted by Crippen LogP contribution is 2.58. The molecule has 3 heterocycles. The zero-order valence-corrected chi connectivity index (χ0v) is 36.6. The van der Waals surface area contributed by atoms with E-state index in [4.69, 9.17) is 23.8 Å². The fourth-order valence-corrected chi connectivity index (χ4v) is 9.45. The monoisotopic (exact) mass is 917 g/mol.